The molecule has 2 heterocycles. The molecule has 2 aliphatic rings. The number of carbonyl (C=O) groups is 1. The van der Waals surface area contributed by atoms with Crippen LogP contribution in [0.4, 0.5) is 5.13 Å². The van der Waals surface area contributed by atoms with Crippen molar-refractivity contribution in [3.05, 3.63) is 5.82 Å². The van der Waals surface area contributed by atoms with E-state index in [2.05, 4.69) is 14.3 Å². The van der Waals surface area contributed by atoms with Gasteiger partial charge < -0.3 is 9.64 Å². The Kier molecular flexibility index (Phi) is 2.74. The molecule has 0 N–H and O–H groups in total. The van der Waals surface area contributed by atoms with Gasteiger partial charge in [-0.05, 0) is 19.3 Å². The Bertz CT molecular complexity index is 430. The molecule has 6 heteroatoms. The predicted molar refractivity (Wildman–Crippen MR) is 64.2 cm³/mol. The van der Waals surface area contributed by atoms with Gasteiger partial charge in [-0.15, -0.1) is 0 Å². The first-order valence-corrected chi connectivity index (χ1v) is 6.71. The maximum Gasteiger partial charge on any atom is 0.310 e. The molecule has 0 radical (unpaired) electrons. The number of esters is 1. The van der Waals surface area contributed by atoms with Crippen molar-refractivity contribution in [2.24, 2.45) is 5.92 Å². The second kappa shape index (κ2) is 4.25. The van der Waals surface area contributed by atoms with Gasteiger partial charge >= 0.3 is 5.97 Å². The highest BCUT2D eigenvalue weighted by Gasteiger charge is 2.33. The Morgan fingerprint density at radius 1 is 1.47 bits per heavy atom. The van der Waals surface area contributed by atoms with E-state index in [0.717, 1.165) is 23.9 Å². The SMILES string of the molecule is COC(=O)C1CCN(c2nc(C3CC3)ns2)C1. The fourth-order valence-electron chi connectivity index (χ4n) is 2.16. The number of aromatic nitrogens is 2. The van der Waals surface area contributed by atoms with E-state index in [-0.39, 0.29) is 11.9 Å². The summed E-state index contributed by atoms with van der Waals surface area (Å²) in [7, 11) is 1.45. The molecule has 1 aromatic rings. The smallest absolute Gasteiger partial charge is 0.310 e. The van der Waals surface area contributed by atoms with E-state index in [1.165, 1.54) is 31.5 Å². The zero-order valence-electron chi connectivity index (χ0n) is 9.76. The summed E-state index contributed by atoms with van der Waals surface area (Å²) in [5.74, 6) is 1.47. The van der Waals surface area contributed by atoms with E-state index in [1.807, 2.05) is 0 Å². The number of hydrogen-bond acceptors (Lipinski definition) is 6. The van der Waals surface area contributed by atoms with E-state index in [0.29, 0.717) is 12.5 Å². The summed E-state index contributed by atoms with van der Waals surface area (Å²) in [6.45, 7) is 1.59. The van der Waals surface area contributed by atoms with Crippen LogP contribution >= 0.6 is 11.5 Å². The molecule has 1 saturated heterocycles. The normalized spacial score (nSPS) is 24.1. The number of rotatable bonds is 3. The van der Waals surface area contributed by atoms with Crippen LogP contribution in [0, 0.1) is 5.92 Å². The molecule has 2 fully saturated rings. The third kappa shape index (κ3) is 2.13. The number of nitrogens with zero attached hydrogens (tertiary/aromatic N) is 3. The molecule has 0 amide bonds. The van der Waals surface area contributed by atoms with Crippen LogP contribution in [0.1, 0.15) is 31.0 Å². The number of hydrogen-bond donors (Lipinski definition) is 0. The summed E-state index contributed by atoms with van der Waals surface area (Å²) in [6.07, 6.45) is 3.30. The first-order valence-electron chi connectivity index (χ1n) is 5.94. The second-order valence-electron chi connectivity index (χ2n) is 4.66. The highest BCUT2D eigenvalue weighted by Crippen LogP contribution is 2.40. The van der Waals surface area contributed by atoms with Crippen LogP contribution in [0.5, 0.6) is 0 Å². The lowest BCUT2D eigenvalue weighted by atomic mass is 10.1. The molecule has 1 unspecified atom stereocenters. The average Bonchev–Trinajstić information content (AvgIpc) is 2.91. The highest BCUT2D eigenvalue weighted by molar-refractivity contribution is 7.09. The lowest BCUT2D eigenvalue weighted by Crippen LogP contribution is -2.23. The lowest BCUT2D eigenvalue weighted by molar-refractivity contribution is -0.144. The van der Waals surface area contributed by atoms with Gasteiger partial charge in [0.05, 0.1) is 13.0 Å². The maximum absolute atomic E-state index is 11.4. The van der Waals surface area contributed by atoms with E-state index in [1.54, 1.807) is 0 Å². The Labute approximate surface area is 104 Å². The van der Waals surface area contributed by atoms with Crippen LogP contribution in [0.25, 0.3) is 0 Å². The van der Waals surface area contributed by atoms with Crippen LogP contribution in [0.15, 0.2) is 0 Å². The summed E-state index contributed by atoms with van der Waals surface area (Å²) in [4.78, 5) is 18.1. The lowest BCUT2D eigenvalue weighted by Gasteiger charge is -2.13. The monoisotopic (exact) mass is 253 g/mol. The van der Waals surface area contributed by atoms with Gasteiger partial charge in [0.15, 0.2) is 0 Å². The van der Waals surface area contributed by atoms with Crippen molar-refractivity contribution in [1.82, 2.24) is 9.36 Å². The largest absolute Gasteiger partial charge is 0.469 e. The molecule has 1 atom stereocenters. The molecule has 1 aliphatic carbocycles. The molecule has 3 rings (SSSR count). The van der Waals surface area contributed by atoms with E-state index >= 15 is 0 Å². The Morgan fingerprint density at radius 3 is 3.00 bits per heavy atom. The highest BCUT2D eigenvalue weighted by atomic mass is 32.1. The Balaban J connectivity index is 1.66. The van der Waals surface area contributed by atoms with Crippen LogP contribution in [0.2, 0.25) is 0 Å². The fraction of sp³-hybridized carbons (Fsp3) is 0.727. The summed E-state index contributed by atoms with van der Waals surface area (Å²) < 4.78 is 9.16. The van der Waals surface area contributed by atoms with Gasteiger partial charge in [0.1, 0.15) is 5.82 Å². The minimum Gasteiger partial charge on any atom is -0.469 e. The standard InChI is InChI=1S/C11H15N3O2S/c1-16-10(15)8-4-5-14(6-8)11-12-9(13-17-11)7-2-3-7/h7-8H,2-6H2,1H3. The van der Waals surface area contributed by atoms with Crippen molar-refractivity contribution < 1.29 is 9.53 Å². The molecule has 92 valence electrons. The zero-order valence-corrected chi connectivity index (χ0v) is 10.6. The van der Waals surface area contributed by atoms with E-state index in [9.17, 15) is 4.79 Å². The molecule has 1 saturated carbocycles. The van der Waals surface area contributed by atoms with Crippen molar-refractivity contribution in [1.29, 1.82) is 0 Å². The molecule has 0 bridgehead atoms. The number of anilines is 1. The van der Waals surface area contributed by atoms with Crippen LogP contribution < -0.4 is 4.90 Å². The number of carbonyl (C=O) groups excluding carboxylic acids is 1. The van der Waals surface area contributed by atoms with Crippen LogP contribution in [0.3, 0.4) is 0 Å². The van der Waals surface area contributed by atoms with Gasteiger partial charge in [0, 0.05) is 30.5 Å². The summed E-state index contributed by atoms with van der Waals surface area (Å²) in [5, 5.41) is 0.957. The van der Waals surface area contributed by atoms with E-state index in [4.69, 9.17) is 4.74 Å². The first-order chi connectivity index (χ1) is 8.28. The van der Waals surface area contributed by atoms with Crippen LogP contribution in [-0.4, -0.2) is 35.5 Å². The minimum absolute atomic E-state index is 0.00623. The van der Waals surface area contributed by atoms with E-state index < -0.39 is 0 Å². The summed E-state index contributed by atoms with van der Waals surface area (Å²) in [6, 6.07) is 0. The molecule has 0 spiro atoms. The van der Waals surface area contributed by atoms with Gasteiger partial charge in [-0.25, -0.2) is 4.98 Å². The molecular formula is C11H15N3O2S. The molecule has 1 aromatic heterocycles. The minimum atomic E-state index is -0.112. The molecular weight excluding hydrogens is 238 g/mol. The zero-order chi connectivity index (χ0) is 11.8. The first kappa shape index (κ1) is 11.0. The summed E-state index contributed by atoms with van der Waals surface area (Å²) >= 11 is 1.45. The topological polar surface area (TPSA) is 55.3 Å². The Morgan fingerprint density at radius 2 is 2.29 bits per heavy atom. The van der Waals surface area contributed by atoms with Crippen molar-refractivity contribution in [2.45, 2.75) is 25.2 Å². The van der Waals surface area contributed by atoms with Gasteiger partial charge in [-0.3, -0.25) is 4.79 Å². The average molecular weight is 253 g/mol. The fourth-order valence-corrected chi connectivity index (χ4v) is 2.94. The number of ether oxygens (including phenoxy) is 1. The predicted octanol–water partition coefficient (Wildman–Crippen LogP) is 1.41. The van der Waals surface area contributed by atoms with Gasteiger partial charge in [0.2, 0.25) is 5.13 Å². The van der Waals surface area contributed by atoms with Crippen molar-refractivity contribution in [2.75, 3.05) is 25.1 Å². The molecule has 0 aromatic carbocycles. The molecule has 5 nitrogen and oxygen atoms in total. The van der Waals surface area contributed by atoms with Crippen molar-refractivity contribution in [3.8, 4) is 0 Å². The maximum atomic E-state index is 11.4. The third-order valence-corrected chi connectivity index (χ3v) is 4.16. The quantitative estimate of drug-likeness (QED) is 0.762. The Hall–Kier alpha value is -1.17. The summed E-state index contributed by atoms with van der Waals surface area (Å²) in [5.41, 5.74) is 0. The van der Waals surface area contributed by atoms with Gasteiger partial charge in [-0.1, -0.05) is 0 Å². The second-order valence-corrected chi connectivity index (χ2v) is 5.39. The third-order valence-electron chi connectivity index (χ3n) is 3.37. The molecule has 17 heavy (non-hydrogen) atoms. The molecule has 1 aliphatic heterocycles. The van der Waals surface area contributed by atoms with Crippen LogP contribution in [-0.2, 0) is 9.53 Å². The van der Waals surface area contributed by atoms with Crippen molar-refractivity contribution in [3.63, 3.8) is 0 Å². The van der Waals surface area contributed by atoms with Gasteiger partial charge in [0.25, 0.3) is 0 Å². The van der Waals surface area contributed by atoms with Crippen molar-refractivity contribution >= 4 is 22.6 Å². The van der Waals surface area contributed by atoms with Gasteiger partial charge in [-0.2, -0.15) is 4.37 Å². The number of methoxy groups -OCH3 is 1.